The highest BCUT2D eigenvalue weighted by molar-refractivity contribution is 6.00. The van der Waals surface area contributed by atoms with E-state index in [1.807, 2.05) is 6.07 Å². The summed E-state index contributed by atoms with van der Waals surface area (Å²) >= 11 is 0. The van der Waals surface area contributed by atoms with Crippen molar-refractivity contribution in [3.8, 4) is 23.0 Å². The molecule has 11 atom stereocenters. The number of fused-ring (bicyclic) bond motifs is 10. The van der Waals surface area contributed by atoms with Crippen LogP contribution in [0.4, 0.5) is 0 Å². The van der Waals surface area contributed by atoms with Crippen molar-refractivity contribution >= 4 is 5.91 Å². The smallest absolute Gasteiger partial charge is 0.257 e. The predicted molar refractivity (Wildman–Crippen MR) is 206 cm³/mol. The molecular weight excluding hydrogens is 695 g/mol. The van der Waals surface area contributed by atoms with Gasteiger partial charge in [0.05, 0.1) is 30.9 Å². The fraction of sp³-hybridized carbons (Fsp3) is 0.717. The van der Waals surface area contributed by atoms with Crippen molar-refractivity contribution < 1.29 is 39.4 Å². The van der Waals surface area contributed by atoms with E-state index in [2.05, 4.69) is 55.4 Å². The minimum absolute atomic E-state index is 0.104. The Morgan fingerprint density at radius 2 is 1.20 bits per heavy atom. The van der Waals surface area contributed by atoms with Gasteiger partial charge in [0, 0.05) is 45.9 Å². The molecule has 298 valence electrons. The molecule has 4 fully saturated rings. The Kier molecular flexibility index (Phi) is 7.35. The molecule has 8 aliphatic rings. The molecule has 2 spiro atoms. The van der Waals surface area contributed by atoms with Crippen LogP contribution in [0.15, 0.2) is 12.1 Å². The second kappa shape index (κ2) is 11.1. The number of carbonyl (C=O) groups excluding carboxylic acids is 1. The third kappa shape index (κ3) is 4.23. The third-order valence-corrected chi connectivity index (χ3v) is 18.4. The zero-order chi connectivity index (χ0) is 39.0. The zero-order valence-electron chi connectivity index (χ0n) is 34.1. The number of benzene rings is 2. The van der Waals surface area contributed by atoms with E-state index in [9.17, 15) is 25.2 Å². The molecule has 2 aromatic rings. The van der Waals surface area contributed by atoms with Gasteiger partial charge < -0.3 is 39.5 Å². The van der Waals surface area contributed by atoms with Crippen molar-refractivity contribution in [2.24, 2.45) is 45.3 Å². The average molecular weight is 756 g/mol. The first kappa shape index (κ1) is 36.3. The number of aliphatic hydroxyl groups is 2. The Morgan fingerprint density at radius 3 is 1.76 bits per heavy atom. The summed E-state index contributed by atoms with van der Waals surface area (Å²) in [5.74, 6) is 2.34. The fourth-order valence-corrected chi connectivity index (χ4v) is 14.9. The van der Waals surface area contributed by atoms with Crippen LogP contribution in [0.2, 0.25) is 0 Å². The number of rotatable bonds is 1. The van der Waals surface area contributed by atoms with Crippen molar-refractivity contribution in [3.63, 3.8) is 0 Å². The monoisotopic (exact) mass is 755 g/mol. The Hall–Kier alpha value is -3.01. The van der Waals surface area contributed by atoms with Gasteiger partial charge >= 0.3 is 0 Å². The Labute approximate surface area is 325 Å². The zero-order valence-corrected chi connectivity index (χ0v) is 34.1. The molecule has 9 heteroatoms. The summed E-state index contributed by atoms with van der Waals surface area (Å²) in [6.07, 6.45) is 6.80. The van der Waals surface area contributed by atoms with E-state index in [1.54, 1.807) is 11.0 Å². The molecule has 4 aliphatic carbocycles. The summed E-state index contributed by atoms with van der Waals surface area (Å²) in [7, 11) is 0. The maximum atomic E-state index is 14.6. The van der Waals surface area contributed by atoms with Gasteiger partial charge in [-0.3, -0.25) is 4.79 Å². The Balaban J connectivity index is 1.01. The largest absolute Gasteiger partial charge is 0.508 e. The van der Waals surface area contributed by atoms with E-state index in [0.29, 0.717) is 42.7 Å². The van der Waals surface area contributed by atoms with Gasteiger partial charge in [0.15, 0.2) is 6.23 Å². The maximum Gasteiger partial charge on any atom is 0.257 e. The van der Waals surface area contributed by atoms with E-state index < -0.39 is 17.4 Å². The van der Waals surface area contributed by atoms with Gasteiger partial charge in [0.25, 0.3) is 5.91 Å². The summed E-state index contributed by atoms with van der Waals surface area (Å²) in [6.45, 7) is 18.6. The number of hydrogen-bond acceptors (Lipinski definition) is 8. The molecule has 0 radical (unpaired) electrons. The van der Waals surface area contributed by atoms with Gasteiger partial charge in [0.1, 0.15) is 34.2 Å². The minimum Gasteiger partial charge on any atom is -0.508 e. The normalized spacial score (nSPS) is 43.0. The summed E-state index contributed by atoms with van der Waals surface area (Å²) < 4.78 is 21.2. The second-order valence-electron chi connectivity index (χ2n) is 21.1. The lowest BCUT2D eigenvalue weighted by Crippen LogP contribution is -2.66. The summed E-state index contributed by atoms with van der Waals surface area (Å²) in [5, 5.41) is 45.6. The van der Waals surface area contributed by atoms with Crippen molar-refractivity contribution in [2.75, 3.05) is 0 Å². The molecule has 4 aliphatic heterocycles. The molecule has 55 heavy (non-hydrogen) atoms. The molecule has 1 amide bonds. The number of aromatic hydroxyl groups is 2. The molecule has 4 N–H and O–H groups in total. The van der Waals surface area contributed by atoms with Gasteiger partial charge in [-0.2, -0.15) is 0 Å². The van der Waals surface area contributed by atoms with E-state index in [1.165, 1.54) is 0 Å². The summed E-state index contributed by atoms with van der Waals surface area (Å²) in [6, 6.07) is 3.46. The number of phenolic OH excluding ortho intramolecular Hbond substituents is 2. The van der Waals surface area contributed by atoms with Gasteiger partial charge in [-0.15, -0.1) is 0 Å². The Morgan fingerprint density at radius 1 is 0.691 bits per heavy atom. The number of ether oxygens (including phenoxy) is 3. The van der Waals surface area contributed by atoms with Crippen LogP contribution in [0.5, 0.6) is 23.0 Å². The molecular formula is C46H61NO8. The number of hydrogen-bond donors (Lipinski definition) is 4. The highest BCUT2D eigenvalue weighted by Gasteiger charge is 2.69. The quantitative estimate of drug-likeness (QED) is 0.230. The van der Waals surface area contributed by atoms with Crippen LogP contribution in [-0.2, 0) is 30.7 Å². The minimum atomic E-state index is -0.726. The van der Waals surface area contributed by atoms with Crippen LogP contribution in [0.3, 0.4) is 0 Å². The molecule has 0 bridgehead atoms. The number of nitrogens with zero attached hydrogens (tertiary/aromatic N) is 1. The lowest BCUT2D eigenvalue weighted by atomic mass is 9.43. The third-order valence-electron chi connectivity index (χ3n) is 18.4. The van der Waals surface area contributed by atoms with Gasteiger partial charge in [-0.05, 0) is 104 Å². The Bertz CT molecular complexity index is 2020. The van der Waals surface area contributed by atoms with Crippen molar-refractivity contribution in [3.05, 3.63) is 45.5 Å². The molecule has 1 unspecified atom stereocenters. The lowest BCUT2D eigenvalue weighted by Gasteiger charge is -2.64. The highest BCUT2D eigenvalue weighted by Crippen LogP contribution is 2.69. The van der Waals surface area contributed by atoms with Crippen LogP contribution in [0.1, 0.15) is 151 Å². The first-order valence-electron chi connectivity index (χ1n) is 21.2. The van der Waals surface area contributed by atoms with Gasteiger partial charge in [-0.25, -0.2) is 0 Å². The van der Waals surface area contributed by atoms with Crippen molar-refractivity contribution in [1.29, 1.82) is 0 Å². The molecule has 4 saturated carbocycles. The number of phenols is 2. The van der Waals surface area contributed by atoms with E-state index in [-0.39, 0.29) is 88.1 Å². The van der Waals surface area contributed by atoms with Crippen molar-refractivity contribution in [1.82, 2.24) is 4.90 Å². The lowest BCUT2D eigenvalue weighted by molar-refractivity contribution is -0.210. The van der Waals surface area contributed by atoms with E-state index in [0.717, 1.165) is 66.3 Å². The van der Waals surface area contributed by atoms with Gasteiger partial charge in [0.2, 0.25) is 0 Å². The summed E-state index contributed by atoms with van der Waals surface area (Å²) in [4.78, 5) is 16.3. The number of amides is 1. The summed E-state index contributed by atoms with van der Waals surface area (Å²) in [5.41, 5.74) is 2.32. The van der Waals surface area contributed by atoms with Crippen LogP contribution >= 0.6 is 0 Å². The van der Waals surface area contributed by atoms with Crippen LogP contribution in [0.25, 0.3) is 0 Å². The fourth-order valence-electron chi connectivity index (χ4n) is 14.9. The van der Waals surface area contributed by atoms with Crippen LogP contribution in [-0.4, -0.2) is 54.6 Å². The molecule has 9 nitrogen and oxygen atoms in total. The van der Waals surface area contributed by atoms with E-state index >= 15 is 0 Å². The molecule has 10 rings (SSSR count). The maximum absolute atomic E-state index is 14.6. The highest BCUT2D eigenvalue weighted by atomic mass is 16.5. The molecule has 4 heterocycles. The first-order valence-corrected chi connectivity index (χ1v) is 21.2. The molecule has 0 saturated heterocycles. The van der Waals surface area contributed by atoms with Crippen LogP contribution in [0, 0.1) is 45.3 Å². The standard InChI is InChI=1S/C46H61NO8/c1-23-9-11-32-41(3,4)34(50)13-15-43(32,7)45(23)19-27-31(49)18-26-29(37(27)54-45)21-47(39(26)52)40-36-25(22-53-40)17-30(48)28-20-46(55-38(28)36)24(2)10-12-33-42(5,6)35(51)14-16-44(33,46)8/h17-18,23-24,32-35,40,48-51H,9-16,19-22H2,1-8H3/t23-,24-,32+,33+,34-,35-,40?,43+,44+,45-,46-/m0/s1. The van der Waals surface area contributed by atoms with E-state index in [4.69, 9.17) is 14.2 Å². The topological polar surface area (TPSA) is 129 Å². The second-order valence-corrected chi connectivity index (χ2v) is 21.1. The van der Waals surface area contributed by atoms with Crippen molar-refractivity contribution in [2.45, 2.75) is 162 Å². The predicted octanol–water partition coefficient (Wildman–Crippen LogP) is 8.10. The number of carbonyl (C=O) groups is 1. The molecule has 2 aromatic carbocycles. The number of aliphatic hydroxyl groups excluding tert-OH is 2. The molecule has 0 aromatic heterocycles. The first-order chi connectivity index (χ1) is 25.8. The van der Waals surface area contributed by atoms with Crippen LogP contribution < -0.4 is 9.47 Å². The average Bonchev–Trinajstić information content (AvgIpc) is 3.90. The van der Waals surface area contributed by atoms with Gasteiger partial charge in [-0.1, -0.05) is 55.4 Å². The SMILES string of the molecule is C[C@H]1CC[C@@H]2C(C)(C)[C@@H](O)CC[C@@]2(C)[C@]12Cc1c(O)cc3c(c1O2)CN(C1OCc2cc(O)c4c(c21)O[C@@]1(C4)[C@@H](C)CC[C@@H]2C(C)(C)[C@@H](O)CC[C@]21C)C3=O.